The maximum absolute atomic E-state index is 13.3. The second-order valence-corrected chi connectivity index (χ2v) is 4.17. The first kappa shape index (κ1) is 10.9. The minimum atomic E-state index is -0.344. The summed E-state index contributed by atoms with van der Waals surface area (Å²) in [7, 11) is 0. The maximum Gasteiger partial charge on any atom is 0.139 e. The number of nitrogen functional groups attached to an aromatic ring is 1. The molecule has 0 aliphatic rings. The molecule has 84 valence electrons. The Bertz CT molecular complexity index is 484. The number of aromatic amines is 1. The predicted molar refractivity (Wildman–Crippen MR) is 64.4 cm³/mol. The van der Waals surface area contributed by atoms with Gasteiger partial charge in [0.15, 0.2) is 0 Å². The number of aromatic nitrogens is 2. The molecule has 2 rings (SSSR count). The number of nitrogens with one attached hydrogen (secondary N) is 2. The molecule has 0 amide bonds. The standard InChI is InChI=1S/C10H10BrFN4/c11-7-1-9(13)10(2-8(7)12)14-3-6-4-15-16-5-6/h1-2,4-5,14H,3,13H2,(H,15,16). The van der Waals surface area contributed by atoms with Crippen molar-refractivity contribution in [3.8, 4) is 0 Å². The molecule has 0 saturated heterocycles. The molecule has 16 heavy (non-hydrogen) atoms. The van der Waals surface area contributed by atoms with E-state index in [0.717, 1.165) is 5.56 Å². The van der Waals surface area contributed by atoms with Crippen LogP contribution in [0.1, 0.15) is 5.56 Å². The second-order valence-electron chi connectivity index (χ2n) is 3.31. The zero-order chi connectivity index (χ0) is 11.5. The molecule has 0 bridgehead atoms. The predicted octanol–water partition coefficient (Wildman–Crippen LogP) is 2.51. The molecule has 0 spiro atoms. The highest BCUT2D eigenvalue weighted by Gasteiger charge is 2.05. The lowest BCUT2D eigenvalue weighted by Gasteiger charge is -2.09. The van der Waals surface area contributed by atoms with E-state index in [9.17, 15) is 4.39 Å². The summed E-state index contributed by atoms with van der Waals surface area (Å²) in [6.07, 6.45) is 3.46. The van der Waals surface area contributed by atoms with Gasteiger partial charge in [0.25, 0.3) is 0 Å². The number of H-pyrrole nitrogens is 1. The highest BCUT2D eigenvalue weighted by Crippen LogP contribution is 2.26. The minimum Gasteiger partial charge on any atom is -0.397 e. The van der Waals surface area contributed by atoms with Gasteiger partial charge in [0, 0.05) is 24.4 Å². The molecule has 0 fully saturated rings. The molecule has 1 aromatic heterocycles. The van der Waals surface area contributed by atoms with E-state index in [1.807, 2.05) is 0 Å². The lowest BCUT2D eigenvalue weighted by atomic mass is 10.2. The Kier molecular flexibility index (Phi) is 3.09. The zero-order valence-corrected chi connectivity index (χ0v) is 9.88. The topological polar surface area (TPSA) is 66.7 Å². The number of halogens is 2. The number of anilines is 2. The Labute approximate surface area is 100 Å². The van der Waals surface area contributed by atoms with Gasteiger partial charge in [-0.2, -0.15) is 5.10 Å². The van der Waals surface area contributed by atoms with E-state index >= 15 is 0 Å². The van der Waals surface area contributed by atoms with Crippen LogP contribution in [0, 0.1) is 5.82 Å². The summed E-state index contributed by atoms with van der Waals surface area (Å²) in [5.41, 5.74) is 7.79. The van der Waals surface area contributed by atoms with Crippen LogP contribution in [0.3, 0.4) is 0 Å². The summed E-state index contributed by atoms with van der Waals surface area (Å²) in [5, 5.41) is 9.55. The van der Waals surface area contributed by atoms with Gasteiger partial charge in [-0.25, -0.2) is 4.39 Å². The van der Waals surface area contributed by atoms with E-state index in [1.54, 1.807) is 12.4 Å². The Morgan fingerprint density at radius 1 is 1.50 bits per heavy atom. The lowest BCUT2D eigenvalue weighted by molar-refractivity contribution is 0.622. The van der Waals surface area contributed by atoms with Crippen LogP contribution >= 0.6 is 15.9 Å². The van der Waals surface area contributed by atoms with Crippen molar-refractivity contribution in [2.75, 3.05) is 11.1 Å². The molecule has 2 aromatic rings. The van der Waals surface area contributed by atoms with Gasteiger partial charge in [0.2, 0.25) is 0 Å². The van der Waals surface area contributed by atoms with Gasteiger partial charge in [0.1, 0.15) is 5.82 Å². The monoisotopic (exact) mass is 284 g/mol. The Morgan fingerprint density at radius 2 is 2.31 bits per heavy atom. The summed E-state index contributed by atoms with van der Waals surface area (Å²) in [6, 6.07) is 2.90. The molecule has 1 aromatic carbocycles. The number of hydrogen-bond acceptors (Lipinski definition) is 3. The molecule has 0 atom stereocenters. The van der Waals surface area contributed by atoms with Crippen LogP contribution in [0.25, 0.3) is 0 Å². The van der Waals surface area contributed by atoms with Gasteiger partial charge in [-0.3, -0.25) is 5.10 Å². The van der Waals surface area contributed by atoms with Crippen LogP contribution in [0.15, 0.2) is 29.0 Å². The lowest BCUT2D eigenvalue weighted by Crippen LogP contribution is -2.02. The molecule has 1 heterocycles. The Hall–Kier alpha value is -1.56. The highest BCUT2D eigenvalue weighted by molar-refractivity contribution is 9.10. The fourth-order valence-corrected chi connectivity index (χ4v) is 1.65. The number of hydrogen-bond donors (Lipinski definition) is 3. The summed E-state index contributed by atoms with van der Waals surface area (Å²) in [4.78, 5) is 0. The molecule has 6 heteroatoms. The van der Waals surface area contributed by atoms with Crippen LogP contribution in [0.2, 0.25) is 0 Å². The number of nitrogens with zero attached hydrogens (tertiary/aromatic N) is 1. The third-order valence-corrected chi connectivity index (χ3v) is 2.74. The SMILES string of the molecule is Nc1cc(Br)c(F)cc1NCc1cn[nH]c1. The summed E-state index contributed by atoms with van der Waals surface area (Å²) >= 11 is 3.07. The normalized spacial score (nSPS) is 10.4. The molecule has 0 aliphatic carbocycles. The third-order valence-electron chi connectivity index (χ3n) is 2.13. The zero-order valence-electron chi connectivity index (χ0n) is 8.30. The third kappa shape index (κ3) is 2.33. The molecule has 4 nitrogen and oxygen atoms in total. The van der Waals surface area contributed by atoms with Gasteiger partial charge in [0.05, 0.1) is 22.0 Å². The van der Waals surface area contributed by atoms with Crippen LogP contribution in [0.5, 0.6) is 0 Å². The molecule has 0 aliphatic heterocycles. The molecule has 4 N–H and O–H groups in total. The van der Waals surface area contributed by atoms with Crippen molar-refractivity contribution < 1.29 is 4.39 Å². The second kappa shape index (κ2) is 4.52. The van der Waals surface area contributed by atoms with Crippen molar-refractivity contribution in [1.29, 1.82) is 0 Å². The molecular formula is C10H10BrFN4. The number of benzene rings is 1. The van der Waals surface area contributed by atoms with Gasteiger partial charge in [-0.1, -0.05) is 0 Å². The van der Waals surface area contributed by atoms with Gasteiger partial charge >= 0.3 is 0 Å². The van der Waals surface area contributed by atoms with Crippen molar-refractivity contribution in [3.05, 3.63) is 40.4 Å². The van der Waals surface area contributed by atoms with Crippen LogP contribution in [-0.4, -0.2) is 10.2 Å². The minimum absolute atomic E-state index is 0.344. The van der Waals surface area contributed by atoms with Gasteiger partial charge in [-0.05, 0) is 22.0 Å². The average molecular weight is 285 g/mol. The first-order valence-electron chi connectivity index (χ1n) is 4.63. The van der Waals surface area contributed by atoms with E-state index in [-0.39, 0.29) is 5.82 Å². The Balaban J connectivity index is 2.12. The fourth-order valence-electron chi connectivity index (χ4n) is 1.29. The summed E-state index contributed by atoms with van der Waals surface area (Å²) in [6.45, 7) is 0.543. The number of rotatable bonds is 3. The van der Waals surface area contributed by atoms with E-state index in [1.165, 1.54) is 12.1 Å². The van der Waals surface area contributed by atoms with Gasteiger partial charge in [-0.15, -0.1) is 0 Å². The molecule has 0 saturated carbocycles. The largest absolute Gasteiger partial charge is 0.397 e. The molecule has 0 radical (unpaired) electrons. The first-order chi connectivity index (χ1) is 7.66. The maximum atomic E-state index is 13.3. The average Bonchev–Trinajstić information content (AvgIpc) is 2.74. The quantitative estimate of drug-likeness (QED) is 0.759. The van der Waals surface area contributed by atoms with Crippen molar-refractivity contribution in [2.24, 2.45) is 0 Å². The van der Waals surface area contributed by atoms with Crippen molar-refractivity contribution in [2.45, 2.75) is 6.54 Å². The number of nitrogens with two attached hydrogens (primary N) is 1. The summed E-state index contributed by atoms with van der Waals surface area (Å²) < 4.78 is 13.6. The van der Waals surface area contributed by atoms with Gasteiger partial charge < -0.3 is 11.1 Å². The smallest absolute Gasteiger partial charge is 0.139 e. The molecule has 0 unspecified atom stereocenters. The van der Waals surface area contributed by atoms with Crippen molar-refractivity contribution in [1.82, 2.24) is 10.2 Å². The van der Waals surface area contributed by atoms with Crippen molar-refractivity contribution >= 4 is 27.3 Å². The van der Waals surface area contributed by atoms with Crippen LogP contribution in [-0.2, 0) is 6.54 Å². The van der Waals surface area contributed by atoms with Crippen LogP contribution < -0.4 is 11.1 Å². The van der Waals surface area contributed by atoms with Crippen LogP contribution in [0.4, 0.5) is 15.8 Å². The van der Waals surface area contributed by atoms with E-state index in [2.05, 4.69) is 31.4 Å². The highest BCUT2D eigenvalue weighted by atomic mass is 79.9. The fraction of sp³-hybridized carbons (Fsp3) is 0.100. The first-order valence-corrected chi connectivity index (χ1v) is 5.42. The van der Waals surface area contributed by atoms with E-state index in [0.29, 0.717) is 22.4 Å². The summed E-state index contributed by atoms with van der Waals surface area (Å²) in [5.74, 6) is -0.344. The Morgan fingerprint density at radius 3 is 3.00 bits per heavy atom. The van der Waals surface area contributed by atoms with E-state index < -0.39 is 0 Å². The van der Waals surface area contributed by atoms with Crippen molar-refractivity contribution in [3.63, 3.8) is 0 Å². The van der Waals surface area contributed by atoms with E-state index in [4.69, 9.17) is 5.73 Å². The molecular weight excluding hydrogens is 275 g/mol.